The second-order valence-electron chi connectivity index (χ2n) is 4.83. The van der Waals surface area contributed by atoms with Crippen molar-refractivity contribution in [3.05, 3.63) is 0 Å². The van der Waals surface area contributed by atoms with Crippen LogP contribution >= 0.6 is 0 Å². The van der Waals surface area contributed by atoms with Crippen LogP contribution in [0.1, 0.15) is 32.6 Å². The van der Waals surface area contributed by atoms with E-state index in [2.05, 4.69) is 5.32 Å². The summed E-state index contributed by atoms with van der Waals surface area (Å²) in [5.41, 5.74) is 0. The molecular weight excluding hydrogens is 245 g/mol. The minimum Gasteiger partial charge on any atom is -0.334 e. The third-order valence-corrected chi connectivity index (χ3v) is 3.14. The van der Waals surface area contributed by atoms with Gasteiger partial charge in [-0.2, -0.15) is 13.2 Å². The van der Waals surface area contributed by atoms with Gasteiger partial charge in [-0.05, 0) is 38.3 Å². The highest BCUT2D eigenvalue weighted by Crippen LogP contribution is 2.21. The van der Waals surface area contributed by atoms with Crippen molar-refractivity contribution in [3.63, 3.8) is 0 Å². The summed E-state index contributed by atoms with van der Waals surface area (Å²) >= 11 is 0. The van der Waals surface area contributed by atoms with Crippen LogP contribution < -0.4 is 5.32 Å². The molecule has 1 rings (SSSR count). The fraction of sp³-hybridized carbons (Fsp3) is 0.917. The summed E-state index contributed by atoms with van der Waals surface area (Å²) in [5.74, 6) is -0.132. The summed E-state index contributed by atoms with van der Waals surface area (Å²) in [7, 11) is 0. The molecule has 1 N–H and O–H groups in total. The highest BCUT2D eigenvalue weighted by molar-refractivity contribution is 5.76. The molecule has 3 nitrogen and oxygen atoms in total. The van der Waals surface area contributed by atoms with Gasteiger partial charge in [-0.25, -0.2) is 0 Å². The Morgan fingerprint density at radius 3 is 2.44 bits per heavy atom. The molecule has 106 valence electrons. The summed E-state index contributed by atoms with van der Waals surface area (Å²) in [6.45, 7) is 2.55. The Balaban J connectivity index is 2.47. The Bertz CT molecular complexity index is 263. The van der Waals surface area contributed by atoms with Crippen LogP contribution in [0.15, 0.2) is 0 Å². The number of hydrogen-bond acceptors (Lipinski definition) is 2. The Morgan fingerprint density at radius 1 is 1.33 bits per heavy atom. The van der Waals surface area contributed by atoms with Crippen LogP contribution in [0.25, 0.3) is 0 Å². The predicted octanol–water partition coefficient (Wildman–Crippen LogP) is 2.18. The summed E-state index contributed by atoms with van der Waals surface area (Å²) < 4.78 is 37.1. The second kappa shape index (κ2) is 6.97. The zero-order valence-electron chi connectivity index (χ0n) is 10.7. The first-order valence-electron chi connectivity index (χ1n) is 6.47. The van der Waals surface area contributed by atoms with Crippen LogP contribution in [-0.2, 0) is 4.79 Å². The molecule has 1 aliphatic heterocycles. The molecular formula is C12H21F3N2O. The fourth-order valence-electron chi connectivity index (χ4n) is 2.24. The van der Waals surface area contributed by atoms with Crippen molar-refractivity contribution < 1.29 is 18.0 Å². The lowest BCUT2D eigenvalue weighted by atomic mass is 9.94. The number of halogens is 3. The Labute approximate surface area is 106 Å². The summed E-state index contributed by atoms with van der Waals surface area (Å²) in [6.07, 6.45) is -1.76. The number of rotatable bonds is 5. The van der Waals surface area contributed by atoms with Crippen molar-refractivity contribution in [2.24, 2.45) is 5.92 Å². The number of alkyl halides is 3. The highest BCUT2D eigenvalue weighted by atomic mass is 19.4. The van der Waals surface area contributed by atoms with Crippen molar-refractivity contribution in [1.82, 2.24) is 10.2 Å². The maximum atomic E-state index is 12.4. The summed E-state index contributed by atoms with van der Waals surface area (Å²) in [6, 6.07) is 0. The molecule has 0 radical (unpaired) electrons. The SMILES string of the molecule is CCCN(CC(F)(F)F)C(=O)CC1CCNCC1. The van der Waals surface area contributed by atoms with E-state index in [1.54, 1.807) is 6.92 Å². The lowest BCUT2D eigenvalue weighted by molar-refractivity contribution is -0.161. The number of nitrogens with zero attached hydrogens (tertiary/aromatic N) is 1. The van der Waals surface area contributed by atoms with Gasteiger partial charge in [0.15, 0.2) is 0 Å². The van der Waals surface area contributed by atoms with Gasteiger partial charge in [0, 0.05) is 13.0 Å². The van der Waals surface area contributed by atoms with E-state index in [4.69, 9.17) is 0 Å². The number of nitrogens with one attached hydrogen (secondary N) is 1. The standard InChI is InChI=1S/C12H21F3N2O/c1-2-7-17(9-12(13,14)15)11(18)8-10-3-5-16-6-4-10/h10,16H,2-9H2,1H3. The van der Waals surface area contributed by atoms with E-state index in [0.717, 1.165) is 30.8 Å². The van der Waals surface area contributed by atoms with Crippen molar-refractivity contribution in [3.8, 4) is 0 Å². The molecule has 0 aliphatic carbocycles. The predicted molar refractivity (Wildman–Crippen MR) is 63.1 cm³/mol. The Kier molecular flexibility index (Phi) is 5.91. The van der Waals surface area contributed by atoms with Gasteiger partial charge in [0.25, 0.3) is 0 Å². The molecule has 1 amide bonds. The number of carbonyl (C=O) groups excluding carboxylic acids is 1. The maximum Gasteiger partial charge on any atom is 0.406 e. The largest absolute Gasteiger partial charge is 0.406 e. The molecule has 1 saturated heterocycles. The van der Waals surface area contributed by atoms with Gasteiger partial charge in [-0.3, -0.25) is 4.79 Å². The molecule has 1 heterocycles. The first-order valence-corrected chi connectivity index (χ1v) is 6.47. The summed E-state index contributed by atoms with van der Waals surface area (Å²) in [5, 5.41) is 3.18. The van der Waals surface area contributed by atoms with Gasteiger partial charge >= 0.3 is 6.18 Å². The monoisotopic (exact) mass is 266 g/mol. The molecule has 0 atom stereocenters. The van der Waals surface area contributed by atoms with Crippen LogP contribution in [0.4, 0.5) is 13.2 Å². The van der Waals surface area contributed by atoms with E-state index < -0.39 is 12.7 Å². The van der Waals surface area contributed by atoms with E-state index in [-0.39, 0.29) is 24.8 Å². The van der Waals surface area contributed by atoms with Crippen LogP contribution in [0.2, 0.25) is 0 Å². The molecule has 0 aromatic rings. The minimum atomic E-state index is -4.31. The van der Waals surface area contributed by atoms with Crippen molar-refractivity contribution in [2.75, 3.05) is 26.2 Å². The van der Waals surface area contributed by atoms with Gasteiger partial charge in [-0.15, -0.1) is 0 Å². The van der Waals surface area contributed by atoms with Crippen LogP contribution in [-0.4, -0.2) is 43.2 Å². The third-order valence-electron chi connectivity index (χ3n) is 3.14. The molecule has 0 bridgehead atoms. The topological polar surface area (TPSA) is 32.3 Å². The molecule has 6 heteroatoms. The van der Waals surface area contributed by atoms with Gasteiger partial charge in [0.1, 0.15) is 6.54 Å². The van der Waals surface area contributed by atoms with Gasteiger partial charge in [-0.1, -0.05) is 6.92 Å². The van der Waals surface area contributed by atoms with Crippen molar-refractivity contribution >= 4 is 5.91 Å². The Hall–Kier alpha value is -0.780. The van der Waals surface area contributed by atoms with Crippen LogP contribution in [0.3, 0.4) is 0 Å². The zero-order valence-corrected chi connectivity index (χ0v) is 10.7. The van der Waals surface area contributed by atoms with Gasteiger partial charge < -0.3 is 10.2 Å². The van der Waals surface area contributed by atoms with Gasteiger partial charge in [0.2, 0.25) is 5.91 Å². The molecule has 0 spiro atoms. The van der Waals surface area contributed by atoms with E-state index >= 15 is 0 Å². The zero-order chi connectivity index (χ0) is 13.6. The number of piperidine rings is 1. The smallest absolute Gasteiger partial charge is 0.334 e. The first kappa shape index (κ1) is 15.3. The molecule has 0 aromatic heterocycles. The van der Waals surface area contributed by atoms with Crippen molar-refractivity contribution in [1.29, 1.82) is 0 Å². The van der Waals surface area contributed by atoms with E-state index in [1.165, 1.54) is 0 Å². The number of hydrogen-bond donors (Lipinski definition) is 1. The third kappa shape index (κ3) is 5.71. The average molecular weight is 266 g/mol. The first-order chi connectivity index (χ1) is 8.42. The van der Waals surface area contributed by atoms with E-state index in [1.807, 2.05) is 0 Å². The lowest BCUT2D eigenvalue weighted by Crippen LogP contribution is -2.41. The molecule has 0 aromatic carbocycles. The molecule has 18 heavy (non-hydrogen) atoms. The van der Waals surface area contributed by atoms with Crippen LogP contribution in [0, 0.1) is 5.92 Å². The fourth-order valence-corrected chi connectivity index (χ4v) is 2.24. The van der Waals surface area contributed by atoms with E-state index in [9.17, 15) is 18.0 Å². The average Bonchev–Trinajstić information content (AvgIpc) is 2.28. The second-order valence-corrected chi connectivity index (χ2v) is 4.83. The van der Waals surface area contributed by atoms with E-state index in [0.29, 0.717) is 6.42 Å². The molecule has 0 unspecified atom stereocenters. The molecule has 1 fully saturated rings. The number of carbonyl (C=O) groups is 1. The van der Waals surface area contributed by atoms with Crippen LogP contribution in [0.5, 0.6) is 0 Å². The van der Waals surface area contributed by atoms with Gasteiger partial charge in [0.05, 0.1) is 0 Å². The maximum absolute atomic E-state index is 12.4. The van der Waals surface area contributed by atoms with Crippen molar-refractivity contribution in [2.45, 2.75) is 38.8 Å². The lowest BCUT2D eigenvalue weighted by Gasteiger charge is -2.27. The normalized spacial score (nSPS) is 17.8. The minimum absolute atomic E-state index is 0.184. The quantitative estimate of drug-likeness (QED) is 0.827. The molecule has 0 saturated carbocycles. The number of amides is 1. The molecule has 1 aliphatic rings. The Morgan fingerprint density at radius 2 is 1.94 bits per heavy atom. The summed E-state index contributed by atoms with van der Waals surface area (Å²) in [4.78, 5) is 12.8. The highest BCUT2D eigenvalue weighted by Gasteiger charge is 2.33.